The van der Waals surface area contributed by atoms with Crippen LogP contribution < -0.4 is 5.32 Å². The number of rotatable bonds is 6. The van der Waals surface area contributed by atoms with Crippen molar-refractivity contribution in [3.63, 3.8) is 0 Å². The number of hydrogen-bond donors (Lipinski definition) is 1. The van der Waals surface area contributed by atoms with E-state index in [-0.39, 0.29) is 10.9 Å². The minimum Gasteiger partial charge on any atom is -0.322 e. The maximum absolute atomic E-state index is 13.6. The van der Waals surface area contributed by atoms with E-state index in [1.807, 2.05) is 30.3 Å². The van der Waals surface area contributed by atoms with E-state index in [0.29, 0.717) is 47.8 Å². The van der Waals surface area contributed by atoms with Crippen molar-refractivity contribution in [2.45, 2.75) is 24.9 Å². The van der Waals surface area contributed by atoms with E-state index in [1.54, 1.807) is 0 Å². The maximum atomic E-state index is 13.6. The quantitative estimate of drug-likeness (QED) is 0.355. The van der Waals surface area contributed by atoms with Gasteiger partial charge in [-0.15, -0.1) is 0 Å². The van der Waals surface area contributed by atoms with E-state index in [0.717, 1.165) is 18.2 Å². The van der Waals surface area contributed by atoms with Crippen LogP contribution in [0.2, 0.25) is 10.0 Å². The highest BCUT2D eigenvalue weighted by Gasteiger charge is 2.36. The number of nitrogens with zero attached hydrogens (tertiary/aromatic N) is 2. The first-order valence-corrected chi connectivity index (χ1v) is 12.2. The lowest BCUT2D eigenvalue weighted by Gasteiger charge is -2.33. The Morgan fingerprint density at radius 1 is 1.03 bits per heavy atom. The zero-order valence-electron chi connectivity index (χ0n) is 19.2. The highest BCUT2D eigenvalue weighted by molar-refractivity contribution is 6.33. The minimum absolute atomic E-state index is 0.218. The summed E-state index contributed by atoms with van der Waals surface area (Å²) in [4.78, 5) is 18.8. The number of carbonyl (C=O) groups excluding carboxylic acids is 1. The molecule has 1 aliphatic rings. The molecule has 0 unspecified atom stereocenters. The molecular weight excluding hydrogens is 510 g/mol. The van der Waals surface area contributed by atoms with Crippen LogP contribution >= 0.6 is 23.2 Å². The second-order valence-corrected chi connectivity index (χ2v) is 9.42. The Morgan fingerprint density at radius 2 is 1.69 bits per heavy atom. The molecule has 188 valence electrons. The molecule has 0 bridgehead atoms. The van der Waals surface area contributed by atoms with Gasteiger partial charge in [-0.2, -0.15) is 13.2 Å². The zero-order valence-corrected chi connectivity index (χ0v) is 20.7. The molecule has 3 aromatic rings. The predicted octanol–water partition coefficient (Wildman–Crippen LogP) is 7.55. The summed E-state index contributed by atoms with van der Waals surface area (Å²) < 4.78 is 40.8. The van der Waals surface area contributed by atoms with Crippen LogP contribution in [0.4, 0.5) is 18.9 Å². The van der Waals surface area contributed by atoms with E-state index in [2.05, 4.69) is 21.3 Å². The highest BCUT2D eigenvalue weighted by atomic mass is 35.5. The predicted molar refractivity (Wildman–Crippen MR) is 138 cm³/mol. The molecule has 2 aromatic carbocycles. The lowest BCUT2D eigenvalue weighted by atomic mass is 9.87. The Balaban J connectivity index is 1.49. The molecule has 1 amide bonds. The van der Waals surface area contributed by atoms with Gasteiger partial charge in [0.15, 0.2) is 0 Å². The summed E-state index contributed by atoms with van der Waals surface area (Å²) in [5.74, 6) is -0.650. The number of hydrogen-bond acceptors (Lipinski definition) is 3. The Morgan fingerprint density at radius 3 is 2.33 bits per heavy atom. The van der Waals surface area contributed by atoms with Gasteiger partial charge in [0.25, 0.3) is 5.91 Å². The Hall–Kier alpha value is -2.87. The molecule has 1 aromatic heterocycles. The third kappa shape index (κ3) is 6.46. The fraction of sp³-hybridized carbons (Fsp3) is 0.259. The third-order valence-corrected chi connectivity index (χ3v) is 6.87. The minimum atomic E-state index is -4.59. The second kappa shape index (κ2) is 11.5. The molecule has 0 spiro atoms. The number of anilines is 1. The van der Waals surface area contributed by atoms with Gasteiger partial charge in [0.05, 0.1) is 10.6 Å². The Labute approximate surface area is 217 Å². The summed E-state index contributed by atoms with van der Waals surface area (Å²) in [6.07, 6.45) is 3.67. The monoisotopic (exact) mass is 533 g/mol. The van der Waals surface area contributed by atoms with Crippen molar-refractivity contribution in [1.29, 1.82) is 0 Å². The van der Waals surface area contributed by atoms with Crippen LogP contribution in [0.25, 0.3) is 6.08 Å². The largest absolute Gasteiger partial charge is 0.417 e. The zero-order chi connectivity index (χ0) is 25.7. The van der Waals surface area contributed by atoms with Crippen molar-refractivity contribution in [3.8, 4) is 0 Å². The SMILES string of the molecule is O=C(Nc1ccc(C(F)(F)F)c(Cl)c1C1CCN(C/C=C/c2ccc(Cl)cc2)CC1)c1ccncc1. The van der Waals surface area contributed by atoms with E-state index < -0.39 is 17.6 Å². The summed E-state index contributed by atoms with van der Waals surface area (Å²) in [6.45, 7) is 2.11. The third-order valence-electron chi connectivity index (χ3n) is 6.22. The molecule has 0 aliphatic carbocycles. The van der Waals surface area contributed by atoms with Gasteiger partial charge in [-0.3, -0.25) is 14.7 Å². The van der Waals surface area contributed by atoms with Gasteiger partial charge in [-0.25, -0.2) is 0 Å². The molecule has 2 heterocycles. The number of halogens is 5. The number of piperidine rings is 1. The number of nitrogens with one attached hydrogen (secondary N) is 1. The van der Waals surface area contributed by atoms with Gasteiger partial charge in [0.2, 0.25) is 0 Å². The summed E-state index contributed by atoms with van der Waals surface area (Å²) in [7, 11) is 0. The Kier molecular flexibility index (Phi) is 8.34. The number of aromatic nitrogens is 1. The summed E-state index contributed by atoms with van der Waals surface area (Å²) in [6, 6.07) is 12.8. The first-order valence-electron chi connectivity index (χ1n) is 11.5. The van der Waals surface area contributed by atoms with Crippen LogP contribution in [0.3, 0.4) is 0 Å². The molecule has 0 saturated carbocycles. The topological polar surface area (TPSA) is 45.2 Å². The molecule has 36 heavy (non-hydrogen) atoms. The van der Waals surface area contributed by atoms with Gasteiger partial charge in [0.1, 0.15) is 0 Å². The van der Waals surface area contributed by atoms with Crippen LogP contribution in [0.15, 0.2) is 67.0 Å². The van der Waals surface area contributed by atoms with Crippen molar-refractivity contribution >= 4 is 40.9 Å². The summed E-state index contributed by atoms with van der Waals surface area (Å²) in [5, 5.41) is 3.09. The van der Waals surface area contributed by atoms with E-state index in [1.165, 1.54) is 30.6 Å². The number of likely N-dealkylation sites (tertiary alicyclic amines) is 1. The number of carbonyl (C=O) groups is 1. The first-order chi connectivity index (χ1) is 17.2. The average molecular weight is 534 g/mol. The summed E-state index contributed by atoms with van der Waals surface area (Å²) in [5.41, 5.74) is 1.14. The van der Waals surface area contributed by atoms with Crippen molar-refractivity contribution in [3.05, 3.63) is 99.3 Å². The molecule has 1 saturated heterocycles. The molecule has 1 aliphatic heterocycles. The number of amides is 1. The molecule has 9 heteroatoms. The molecule has 1 fully saturated rings. The van der Waals surface area contributed by atoms with Crippen molar-refractivity contribution in [2.24, 2.45) is 0 Å². The smallest absolute Gasteiger partial charge is 0.322 e. The van der Waals surface area contributed by atoms with Crippen LogP contribution in [0.5, 0.6) is 0 Å². The second-order valence-electron chi connectivity index (χ2n) is 8.60. The van der Waals surface area contributed by atoms with Crippen LogP contribution in [0, 0.1) is 0 Å². The van der Waals surface area contributed by atoms with Gasteiger partial charge in [-0.1, -0.05) is 47.5 Å². The van der Waals surface area contributed by atoms with E-state index in [9.17, 15) is 18.0 Å². The van der Waals surface area contributed by atoms with Crippen molar-refractivity contribution in [2.75, 3.05) is 25.0 Å². The normalized spacial score (nSPS) is 15.4. The molecule has 0 atom stereocenters. The molecule has 4 rings (SSSR count). The fourth-order valence-electron chi connectivity index (χ4n) is 4.33. The molecular formula is C27H24Cl2F3N3O. The highest BCUT2D eigenvalue weighted by Crippen LogP contribution is 2.44. The molecule has 1 N–H and O–H groups in total. The standard InChI is InChI=1S/C27H24Cl2F3N3O/c28-21-5-3-18(4-6-21)2-1-15-35-16-11-19(12-17-35)24-23(8-7-22(25(24)29)27(30,31)32)34-26(36)20-9-13-33-14-10-20/h1-10,13-14,19H,11-12,15-17H2,(H,34,36)/b2-1+. The van der Waals surface area contributed by atoms with Gasteiger partial charge in [0, 0.05) is 35.2 Å². The van der Waals surface area contributed by atoms with Gasteiger partial charge < -0.3 is 5.32 Å². The number of pyridine rings is 1. The van der Waals surface area contributed by atoms with Crippen molar-refractivity contribution in [1.82, 2.24) is 9.88 Å². The van der Waals surface area contributed by atoms with Gasteiger partial charge in [-0.05, 0) is 79.4 Å². The first kappa shape index (κ1) is 26.2. The van der Waals surface area contributed by atoms with Crippen molar-refractivity contribution < 1.29 is 18.0 Å². The molecule has 4 nitrogen and oxygen atoms in total. The Bertz CT molecular complexity index is 1220. The number of benzene rings is 2. The average Bonchev–Trinajstić information content (AvgIpc) is 2.86. The lowest BCUT2D eigenvalue weighted by molar-refractivity contribution is -0.137. The molecule has 0 radical (unpaired) electrons. The number of alkyl halides is 3. The fourth-order valence-corrected chi connectivity index (χ4v) is 4.89. The van der Waals surface area contributed by atoms with E-state index in [4.69, 9.17) is 23.2 Å². The van der Waals surface area contributed by atoms with Crippen LogP contribution in [-0.4, -0.2) is 35.4 Å². The van der Waals surface area contributed by atoms with Crippen LogP contribution in [-0.2, 0) is 6.18 Å². The van der Waals surface area contributed by atoms with Crippen LogP contribution in [0.1, 0.15) is 45.8 Å². The maximum Gasteiger partial charge on any atom is 0.417 e. The van der Waals surface area contributed by atoms with Gasteiger partial charge >= 0.3 is 6.18 Å². The summed E-state index contributed by atoms with van der Waals surface area (Å²) >= 11 is 12.3. The van der Waals surface area contributed by atoms with E-state index >= 15 is 0 Å². The lowest BCUT2D eigenvalue weighted by Crippen LogP contribution is -2.33.